The molecule has 0 aliphatic heterocycles. The van der Waals surface area contributed by atoms with Gasteiger partial charge in [-0.05, 0) is 47.5 Å². The van der Waals surface area contributed by atoms with E-state index in [9.17, 15) is 0 Å². The molecule has 0 saturated heterocycles. The molecule has 2 heterocycles. The Kier molecular flexibility index (Phi) is 5.62. The molecule has 0 spiro atoms. The zero-order chi connectivity index (χ0) is 21.8. The van der Waals surface area contributed by atoms with Crippen LogP contribution in [0.25, 0.3) is 21.5 Å². The molecule has 0 amide bonds. The van der Waals surface area contributed by atoms with Crippen molar-refractivity contribution in [1.82, 2.24) is 15.2 Å². The van der Waals surface area contributed by atoms with E-state index in [0.717, 1.165) is 53.2 Å². The van der Waals surface area contributed by atoms with Crippen LogP contribution in [-0.4, -0.2) is 28.3 Å². The van der Waals surface area contributed by atoms with Gasteiger partial charge in [0.05, 0.1) is 5.69 Å². The molecule has 0 aliphatic carbocycles. The van der Waals surface area contributed by atoms with Gasteiger partial charge in [-0.25, -0.2) is 0 Å². The Hall–Kier alpha value is -3.99. The normalized spacial score (nSPS) is 11.0. The molecule has 5 rings (SSSR count). The summed E-state index contributed by atoms with van der Waals surface area (Å²) in [6.45, 7) is 3.53. The number of pyridine rings is 1. The molecule has 0 unspecified atom stereocenters. The Bertz CT molecular complexity index is 1380. The predicted octanol–water partition coefficient (Wildman–Crippen LogP) is 5.60. The SMILES string of the molecule is Cc1cc(Cc2nnc(NCCNc3ccc4ccccc4c3)c3ccccc23)ccn1. The highest BCUT2D eigenvalue weighted by molar-refractivity contribution is 5.93. The molecule has 2 aromatic heterocycles. The van der Waals surface area contributed by atoms with Gasteiger partial charge >= 0.3 is 0 Å². The summed E-state index contributed by atoms with van der Waals surface area (Å²) in [5, 5.41) is 20.7. The van der Waals surface area contributed by atoms with E-state index in [1.54, 1.807) is 0 Å². The van der Waals surface area contributed by atoms with E-state index in [4.69, 9.17) is 0 Å². The molecular formula is C27H25N5. The summed E-state index contributed by atoms with van der Waals surface area (Å²) in [7, 11) is 0. The number of nitrogens with zero attached hydrogens (tertiary/aromatic N) is 3. The summed E-state index contributed by atoms with van der Waals surface area (Å²) in [5.41, 5.74) is 4.30. The van der Waals surface area contributed by atoms with Crippen LogP contribution in [0.15, 0.2) is 85.1 Å². The maximum Gasteiger partial charge on any atom is 0.156 e. The fraction of sp³-hybridized carbons (Fsp3) is 0.148. The Labute approximate surface area is 187 Å². The smallest absolute Gasteiger partial charge is 0.156 e. The van der Waals surface area contributed by atoms with Crippen LogP contribution in [0.1, 0.15) is 17.0 Å². The minimum absolute atomic E-state index is 0.737. The Morgan fingerprint density at radius 1 is 0.719 bits per heavy atom. The number of aryl methyl sites for hydroxylation is 1. The molecule has 3 aromatic carbocycles. The molecule has 5 aromatic rings. The molecule has 0 fully saturated rings. The molecule has 0 radical (unpaired) electrons. The highest BCUT2D eigenvalue weighted by atomic mass is 15.2. The van der Waals surface area contributed by atoms with Gasteiger partial charge in [-0.15, -0.1) is 5.10 Å². The quantitative estimate of drug-likeness (QED) is 0.336. The van der Waals surface area contributed by atoms with Gasteiger partial charge in [-0.2, -0.15) is 5.10 Å². The molecule has 5 nitrogen and oxygen atoms in total. The molecule has 2 N–H and O–H groups in total. The van der Waals surface area contributed by atoms with E-state index in [0.29, 0.717) is 0 Å². The van der Waals surface area contributed by atoms with E-state index in [-0.39, 0.29) is 0 Å². The summed E-state index contributed by atoms with van der Waals surface area (Å²) >= 11 is 0. The number of rotatable bonds is 7. The largest absolute Gasteiger partial charge is 0.383 e. The maximum atomic E-state index is 4.55. The summed E-state index contributed by atoms with van der Waals surface area (Å²) in [5.74, 6) is 0.815. The van der Waals surface area contributed by atoms with Crippen LogP contribution >= 0.6 is 0 Å². The van der Waals surface area contributed by atoms with Gasteiger partial charge in [0, 0.05) is 47.9 Å². The molecular weight excluding hydrogens is 394 g/mol. The number of anilines is 2. The minimum atomic E-state index is 0.737. The van der Waals surface area contributed by atoms with Gasteiger partial charge < -0.3 is 10.6 Å². The topological polar surface area (TPSA) is 62.7 Å². The fourth-order valence-electron chi connectivity index (χ4n) is 4.02. The van der Waals surface area contributed by atoms with Crippen molar-refractivity contribution < 1.29 is 0 Å². The third kappa shape index (κ3) is 4.37. The lowest BCUT2D eigenvalue weighted by Crippen LogP contribution is -2.15. The van der Waals surface area contributed by atoms with Crippen molar-refractivity contribution in [2.24, 2.45) is 0 Å². The van der Waals surface area contributed by atoms with Crippen LogP contribution < -0.4 is 10.6 Å². The molecule has 0 atom stereocenters. The van der Waals surface area contributed by atoms with E-state index in [1.807, 2.05) is 25.3 Å². The zero-order valence-electron chi connectivity index (χ0n) is 18.0. The van der Waals surface area contributed by atoms with E-state index >= 15 is 0 Å². The van der Waals surface area contributed by atoms with Crippen LogP contribution in [0.4, 0.5) is 11.5 Å². The number of hydrogen-bond donors (Lipinski definition) is 2. The Balaban J connectivity index is 1.28. The molecule has 5 heteroatoms. The first-order valence-corrected chi connectivity index (χ1v) is 10.9. The summed E-state index contributed by atoms with van der Waals surface area (Å²) < 4.78 is 0. The van der Waals surface area contributed by atoms with Gasteiger partial charge in [-0.3, -0.25) is 4.98 Å². The lowest BCUT2D eigenvalue weighted by molar-refractivity contribution is 0.943. The van der Waals surface area contributed by atoms with Gasteiger partial charge in [0.15, 0.2) is 5.82 Å². The molecule has 0 bridgehead atoms. The number of benzene rings is 3. The predicted molar refractivity (Wildman–Crippen MR) is 132 cm³/mol. The first kappa shape index (κ1) is 19.9. The first-order chi connectivity index (χ1) is 15.8. The first-order valence-electron chi connectivity index (χ1n) is 10.9. The van der Waals surface area contributed by atoms with Gasteiger partial charge in [0.25, 0.3) is 0 Å². The van der Waals surface area contributed by atoms with E-state index < -0.39 is 0 Å². The number of hydrogen-bond acceptors (Lipinski definition) is 5. The van der Waals surface area contributed by atoms with Crippen molar-refractivity contribution in [3.05, 3.63) is 102 Å². The highest BCUT2D eigenvalue weighted by Gasteiger charge is 2.10. The second kappa shape index (κ2) is 9.02. The lowest BCUT2D eigenvalue weighted by Gasteiger charge is -2.12. The molecule has 0 aliphatic rings. The Morgan fingerprint density at radius 3 is 2.38 bits per heavy atom. The van der Waals surface area contributed by atoms with Gasteiger partial charge in [0.2, 0.25) is 0 Å². The van der Waals surface area contributed by atoms with Crippen molar-refractivity contribution in [2.75, 3.05) is 23.7 Å². The van der Waals surface area contributed by atoms with E-state index in [2.05, 4.69) is 92.5 Å². The standard InChI is InChI=1S/C27H25N5/c1-19-16-20(12-13-28-19)17-26-24-8-4-5-9-25(24)27(32-31-26)30-15-14-29-23-11-10-21-6-2-3-7-22(21)18-23/h2-13,16,18,29H,14-15,17H2,1H3,(H,30,32). The van der Waals surface area contributed by atoms with Crippen molar-refractivity contribution in [3.8, 4) is 0 Å². The third-order valence-electron chi connectivity index (χ3n) is 5.59. The third-order valence-corrected chi connectivity index (χ3v) is 5.59. The second-order valence-corrected chi connectivity index (χ2v) is 7.94. The number of fused-ring (bicyclic) bond motifs is 2. The Morgan fingerprint density at radius 2 is 1.50 bits per heavy atom. The average molecular weight is 420 g/mol. The van der Waals surface area contributed by atoms with Crippen molar-refractivity contribution in [3.63, 3.8) is 0 Å². The maximum absolute atomic E-state index is 4.55. The van der Waals surface area contributed by atoms with Gasteiger partial charge in [-0.1, -0.05) is 54.6 Å². The number of aromatic nitrogens is 3. The minimum Gasteiger partial charge on any atom is -0.383 e. The second-order valence-electron chi connectivity index (χ2n) is 7.94. The summed E-state index contributed by atoms with van der Waals surface area (Å²) in [6, 6.07) is 27.3. The van der Waals surface area contributed by atoms with Crippen LogP contribution in [0.5, 0.6) is 0 Å². The molecule has 32 heavy (non-hydrogen) atoms. The van der Waals surface area contributed by atoms with Crippen LogP contribution in [0, 0.1) is 6.92 Å². The average Bonchev–Trinajstić information content (AvgIpc) is 2.83. The summed E-state index contributed by atoms with van der Waals surface area (Å²) in [6.07, 6.45) is 2.58. The van der Waals surface area contributed by atoms with Crippen LogP contribution in [0.2, 0.25) is 0 Å². The van der Waals surface area contributed by atoms with Crippen molar-refractivity contribution in [1.29, 1.82) is 0 Å². The lowest BCUT2D eigenvalue weighted by atomic mass is 10.0. The van der Waals surface area contributed by atoms with Crippen LogP contribution in [0.3, 0.4) is 0 Å². The molecule has 158 valence electrons. The van der Waals surface area contributed by atoms with Crippen LogP contribution in [-0.2, 0) is 6.42 Å². The van der Waals surface area contributed by atoms with E-state index in [1.165, 1.54) is 16.3 Å². The van der Waals surface area contributed by atoms with Crippen molar-refractivity contribution in [2.45, 2.75) is 13.3 Å². The number of nitrogens with one attached hydrogen (secondary N) is 2. The van der Waals surface area contributed by atoms with Crippen molar-refractivity contribution >= 4 is 33.1 Å². The summed E-state index contributed by atoms with van der Waals surface area (Å²) in [4.78, 5) is 4.28. The molecule has 0 saturated carbocycles. The zero-order valence-corrected chi connectivity index (χ0v) is 18.0. The highest BCUT2D eigenvalue weighted by Crippen LogP contribution is 2.24. The fourth-order valence-corrected chi connectivity index (χ4v) is 4.02. The van der Waals surface area contributed by atoms with Gasteiger partial charge in [0.1, 0.15) is 0 Å². The monoisotopic (exact) mass is 419 g/mol.